The molecule has 0 aliphatic carbocycles. The SMILES string of the molecule is O=C(O)CCCC(=O)NCCc1cnsc1. The fourth-order valence-electron chi connectivity index (χ4n) is 1.18. The van der Waals surface area contributed by atoms with Crippen molar-refractivity contribution in [2.45, 2.75) is 25.7 Å². The lowest BCUT2D eigenvalue weighted by Gasteiger charge is -2.02. The van der Waals surface area contributed by atoms with Gasteiger partial charge in [-0.05, 0) is 29.9 Å². The molecule has 16 heavy (non-hydrogen) atoms. The van der Waals surface area contributed by atoms with Crippen LogP contribution in [0.25, 0.3) is 0 Å². The number of hydrogen-bond acceptors (Lipinski definition) is 4. The summed E-state index contributed by atoms with van der Waals surface area (Å²) in [6, 6.07) is 0. The fourth-order valence-corrected chi connectivity index (χ4v) is 1.76. The van der Waals surface area contributed by atoms with Gasteiger partial charge in [0.25, 0.3) is 0 Å². The van der Waals surface area contributed by atoms with Gasteiger partial charge in [-0.25, -0.2) is 4.37 Å². The Morgan fingerprint density at radius 1 is 1.44 bits per heavy atom. The number of aromatic nitrogens is 1. The molecule has 0 aliphatic rings. The quantitative estimate of drug-likeness (QED) is 0.749. The van der Waals surface area contributed by atoms with Crippen molar-refractivity contribution in [3.63, 3.8) is 0 Å². The van der Waals surface area contributed by atoms with Gasteiger partial charge in [-0.2, -0.15) is 0 Å². The van der Waals surface area contributed by atoms with Crippen LogP contribution in [0, 0.1) is 0 Å². The molecule has 6 heteroatoms. The van der Waals surface area contributed by atoms with Crippen LogP contribution in [0.4, 0.5) is 0 Å². The molecule has 0 saturated heterocycles. The number of carbonyl (C=O) groups excluding carboxylic acids is 1. The van der Waals surface area contributed by atoms with E-state index in [1.54, 1.807) is 6.20 Å². The van der Waals surface area contributed by atoms with Gasteiger partial charge in [0.05, 0.1) is 0 Å². The van der Waals surface area contributed by atoms with Gasteiger partial charge in [0.2, 0.25) is 5.91 Å². The van der Waals surface area contributed by atoms with Crippen molar-refractivity contribution in [2.24, 2.45) is 0 Å². The van der Waals surface area contributed by atoms with Gasteiger partial charge in [-0.1, -0.05) is 0 Å². The topological polar surface area (TPSA) is 79.3 Å². The summed E-state index contributed by atoms with van der Waals surface area (Å²) in [4.78, 5) is 21.4. The zero-order valence-corrected chi connectivity index (χ0v) is 9.63. The second kappa shape index (κ2) is 6.95. The second-order valence-corrected chi connectivity index (χ2v) is 4.04. The summed E-state index contributed by atoms with van der Waals surface area (Å²) in [7, 11) is 0. The van der Waals surface area contributed by atoms with E-state index in [-0.39, 0.29) is 18.7 Å². The highest BCUT2D eigenvalue weighted by molar-refractivity contribution is 7.03. The Morgan fingerprint density at radius 2 is 2.25 bits per heavy atom. The second-order valence-electron chi connectivity index (χ2n) is 3.38. The third-order valence-corrected chi connectivity index (χ3v) is 2.65. The highest BCUT2D eigenvalue weighted by Gasteiger charge is 2.03. The maximum Gasteiger partial charge on any atom is 0.303 e. The van der Waals surface area contributed by atoms with Gasteiger partial charge in [0, 0.05) is 31.0 Å². The first-order chi connectivity index (χ1) is 7.68. The van der Waals surface area contributed by atoms with Gasteiger partial charge in [-0.3, -0.25) is 9.59 Å². The summed E-state index contributed by atoms with van der Waals surface area (Å²) in [6.45, 7) is 0.574. The first-order valence-electron chi connectivity index (χ1n) is 5.05. The van der Waals surface area contributed by atoms with Crippen molar-refractivity contribution in [3.05, 3.63) is 17.1 Å². The molecule has 1 amide bonds. The highest BCUT2D eigenvalue weighted by Crippen LogP contribution is 2.01. The number of nitrogens with one attached hydrogen (secondary N) is 1. The summed E-state index contributed by atoms with van der Waals surface area (Å²) in [5.74, 6) is -0.957. The fraction of sp³-hybridized carbons (Fsp3) is 0.500. The molecule has 0 radical (unpaired) electrons. The monoisotopic (exact) mass is 242 g/mol. The standard InChI is InChI=1S/C10H14N2O3S/c13-9(2-1-3-10(14)15)11-5-4-8-6-12-16-7-8/h6-7H,1-5H2,(H,11,13)(H,14,15). The molecule has 0 bridgehead atoms. The third-order valence-electron chi connectivity index (χ3n) is 2.01. The lowest BCUT2D eigenvalue weighted by molar-refractivity contribution is -0.137. The van der Waals surface area contributed by atoms with Crippen molar-refractivity contribution in [1.82, 2.24) is 9.69 Å². The largest absolute Gasteiger partial charge is 0.481 e. The molecule has 88 valence electrons. The number of amides is 1. The van der Waals surface area contributed by atoms with Crippen LogP contribution in [-0.4, -0.2) is 27.9 Å². The van der Waals surface area contributed by atoms with Crippen molar-refractivity contribution < 1.29 is 14.7 Å². The van der Waals surface area contributed by atoms with Crippen molar-refractivity contribution in [2.75, 3.05) is 6.54 Å². The van der Waals surface area contributed by atoms with Crippen molar-refractivity contribution >= 4 is 23.4 Å². The summed E-state index contributed by atoms with van der Waals surface area (Å²) in [5.41, 5.74) is 1.11. The Bertz CT molecular complexity index is 338. The highest BCUT2D eigenvalue weighted by atomic mass is 32.1. The van der Waals surface area contributed by atoms with Gasteiger partial charge < -0.3 is 10.4 Å². The Labute approximate surface area is 97.7 Å². The first-order valence-corrected chi connectivity index (χ1v) is 5.89. The van der Waals surface area contributed by atoms with E-state index in [4.69, 9.17) is 5.11 Å². The molecular formula is C10H14N2O3S. The van der Waals surface area contributed by atoms with E-state index in [1.165, 1.54) is 11.5 Å². The Morgan fingerprint density at radius 3 is 2.88 bits per heavy atom. The summed E-state index contributed by atoms with van der Waals surface area (Å²) < 4.78 is 3.95. The lowest BCUT2D eigenvalue weighted by atomic mass is 10.2. The number of rotatable bonds is 7. The number of carboxylic acid groups (broad SMARTS) is 1. The molecule has 1 aromatic rings. The molecule has 0 aliphatic heterocycles. The zero-order valence-electron chi connectivity index (χ0n) is 8.81. The van der Waals surface area contributed by atoms with Crippen LogP contribution in [0.5, 0.6) is 0 Å². The van der Waals surface area contributed by atoms with Crippen LogP contribution < -0.4 is 5.32 Å². The van der Waals surface area contributed by atoms with Gasteiger partial charge in [0.1, 0.15) is 0 Å². The van der Waals surface area contributed by atoms with Crippen LogP contribution >= 0.6 is 11.5 Å². The molecular weight excluding hydrogens is 228 g/mol. The summed E-state index contributed by atoms with van der Waals surface area (Å²) in [6.07, 6.45) is 3.25. The average Bonchev–Trinajstić information content (AvgIpc) is 2.70. The maximum atomic E-state index is 11.2. The Balaban J connectivity index is 2.04. The summed E-state index contributed by atoms with van der Waals surface area (Å²) >= 11 is 1.39. The Kier molecular flexibility index (Phi) is 5.49. The number of nitrogens with zero attached hydrogens (tertiary/aromatic N) is 1. The van der Waals surface area contributed by atoms with Gasteiger partial charge in [0.15, 0.2) is 0 Å². The number of hydrogen-bond donors (Lipinski definition) is 2. The molecule has 0 fully saturated rings. The van der Waals surface area contributed by atoms with Crippen LogP contribution in [0.3, 0.4) is 0 Å². The normalized spacial score (nSPS) is 10.0. The molecule has 0 aromatic carbocycles. The van der Waals surface area contributed by atoms with Gasteiger partial charge >= 0.3 is 5.97 Å². The van der Waals surface area contributed by atoms with Crippen LogP contribution in [0.15, 0.2) is 11.6 Å². The van der Waals surface area contributed by atoms with E-state index in [0.717, 1.165) is 12.0 Å². The van der Waals surface area contributed by atoms with Crippen LogP contribution in [-0.2, 0) is 16.0 Å². The predicted molar refractivity (Wildman–Crippen MR) is 60.3 cm³/mol. The third kappa shape index (κ3) is 5.45. The smallest absolute Gasteiger partial charge is 0.303 e. The molecule has 1 aromatic heterocycles. The van der Waals surface area contributed by atoms with E-state index in [2.05, 4.69) is 9.69 Å². The number of aliphatic carboxylic acids is 1. The maximum absolute atomic E-state index is 11.2. The average molecular weight is 242 g/mol. The van der Waals surface area contributed by atoms with E-state index >= 15 is 0 Å². The minimum atomic E-state index is -0.864. The zero-order chi connectivity index (χ0) is 11.8. The van der Waals surface area contributed by atoms with E-state index in [0.29, 0.717) is 13.0 Å². The lowest BCUT2D eigenvalue weighted by Crippen LogP contribution is -2.25. The molecule has 0 atom stereocenters. The summed E-state index contributed by atoms with van der Waals surface area (Å²) in [5, 5.41) is 13.1. The molecule has 2 N–H and O–H groups in total. The molecule has 5 nitrogen and oxygen atoms in total. The molecule has 0 saturated carbocycles. The minimum Gasteiger partial charge on any atom is -0.481 e. The molecule has 1 heterocycles. The van der Waals surface area contributed by atoms with E-state index in [9.17, 15) is 9.59 Å². The van der Waals surface area contributed by atoms with Crippen molar-refractivity contribution in [1.29, 1.82) is 0 Å². The first kappa shape index (κ1) is 12.6. The van der Waals surface area contributed by atoms with Crippen LogP contribution in [0.1, 0.15) is 24.8 Å². The Hall–Kier alpha value is -1.43. The number of carboxylic acids is 1. The number of carbonyl (C=O) groups is 2. The van der Waals surface area contributed by atoms with E-state index in [1.807, 2.05) is 5.38 Å². The molecule has 0 spiro atoms. The predicted octanol–water partition coefficient (Wildman–Crippen LogP) is 1.06. The molecule has 0 unspecified atom stereocenters. The van der Waals surface area contributed by atoms with Crippen LogP contribution in [0.2, 0.25) is 0 Å². The van der Waals surface area contributed by atoms with Gasteiger partial charge in [-0.15, -0.1) is 0 Å². The minimum absolute atomic E-state index is 0.0435. The van der Waals surface area contributed by atoms with E-state index < -0.39 is 5.97 Å². The van der Waals surface area contributed by atoms with Crippen molar-refractivity contribution in [3.8, 4) is 0 Å². The molecule has 1 rings (SSSR count).